The zero-order valence-corrected chi connectivity index (χ0v) is 10.9. The SMILES string of the molecule is C[C@H](N)c1ccc(Oc2ccc(Cl)c(F)c2)c(F)c1. The lowest BCUT2D eigenvalue weighted by Gasteiger charge is -2.10. The molecule has 0 saturated carbocycles. The smallest absolute Gasteiger partial charge is 0.166 e. The summed E-state index contributed by atoms with van der Waals surface area (Å²) in [5, 5.41) is -0.0138. The van der Waals surface area contributed by atoms with Gasteiger partial charge in [-0.25, -0.2) is 8.78 Å². The standard InChI is InChI=1S/C14H12ClF2NO/c1-8(18)9-2-5-14(13(17)6-9)19-10-3-4-11(15)12(16)7-10/h2-8H,18H2,1H3/t8-/m0/s1. The summed E-state index contributed by atoms with van der Waals surface area (Å²) in [5.74, 6) is -0.989. The van der Waals surface area contributed by atoms with E-state index in [2.05, 4.69) is 0 Å². The van der Waals surface area contributed by atoms with Crippen molar-refractivity contribution < 1.29 is 13.5 Å². The first-order chi connectivity index (χ1) is 8.97. The molecule has 1 atom stereocenters. The van der Waals surface area contributed by atoms with Crippen LogP contribution in [0.15, 0.2) is 36.4 Å². The van der Waals surface area contributed by atoms with Crippen LogP contribution < -0.4 is 10.5 Å². The fourth-order valence-corrected chi connectivity index (χ4v) is 1.67. The van der Waals surface area contributed by atoms with Gasteiger partial charge in [-0.2, -0.15) is 0 Å². The highest BCUT2D eigenvalue weighted by atomic mass is 35.5. The number of hydrogen-bond acceptors (Lipinski definition) is 2. The molecule has 0 aromatic heterocycles. The molecule has 100 valence electrons. The molecule has 0 aliphatic heterocycles. The molecule has 19 heavy (non-hydrogen) atoms. The second-order valence-electron chi connectivity index (χ2n) is 4.16. The lowest BCUT2D eigenvalue weighted by Crippen LogP contribution is -2.05. The zero-order chi connectivity index (χ0) is 14.0. The molecular weight excluding hydrogens is 272 g/mol. The largest absolute Gasteiger partial charge is 0.454 e. The van der Waals surface area contributed by atoms with Gasteiger partial charge in [0.15, 0.2) is 11.6 Å². The van der Waals surface area contributed by atoms with Crippen molar-refractivity contribution in [1.82, 2.24) is 0 Å². The summed E-state index contributed by atoms with van der Waals surface area (Å²) in [7, 11) is 0. The van der Waals surface area contributed by atoms with E-state index in [0.717, 1.165) is 6.07 Å². The van der Waals surface area contributed by atoms with Gasteiger partial charge in [-0.15, -0.1) is 0 Å². The zero-order valence-electron chi connectivity index (χ0n) is 10.2. The highest BCUT2D eigenvalue weighted by Gasteiger charge is 2.09. The lowest BCUT2D eigenvalue weighted by molar-refractivity contribution is 0.438. The molecule has 0 fully saturated rings. The van der Waals surface area contributed by atoms with Crippen LogP contribution in [0.4, 0.5) is 8.78 Å². The Morgan fingerprint density at radius 1 is 1.11 bits per heavy atom. The van der Waals surface area contributed by atoms with Gasteiger partial charge in [-0.3, -0.25) is 0 Å². The predicted octanol–water partition coefficient (Wildman–Crippen LogP) is 4.43. The van der Waals surface area contributed by atoms with Crippen molar-refractivity contribution in [2.24, 2.45) is 5.73 Å². The minimum atomic E-state index is -0.619. The maximum absolute atomic E-state index is 13.8. The van der Waals surface area contributed by atoms with Gasteiger partial charge in [-0.05, 0) is 36.8 Å². The molecule has 0 bridgehead atoms. The average Bonchev–Trinajstić information content (AvgIpc) is 2.36. The number of benzene rings is 2. The van der Waals surface area contributed by atoms with Gasteiger partial charge in [0.2, 0.25) is 0 Å². The summed E-state index contributed by atoms with van der Waals surface area (Å²) in [6.45, 7) is 1.75. The fourth-order valence-electron chi connectivity index (χ4n) is 1.55. The monoisotopic (exact) mass is 283 g/mol. The van der Waals surface area contributed by atoms with Crippen molar-refractivity contribution >= 4 is 11.6 Å². The van der Waals surface area contributed by atoms with Crippen molar-refractivity contribution in [2.75, 3.05) is 0 Å². The second kappa shape index (κ2) is 5.55. The van der Waals surface area contributed by atoms with Crippen LogP contribution in [0, 0.1) is 11.6 Å². The van der Waals surface area contributed by atoms with Crippen LogP contribution in [0.1, 0.15) is 18.5 Å². The van der Waals surface area contributed by atoms with Gasteiger partial charge < -0.3 is 10.5 Å². The molecule has 0 spiro atoms. The molecule has 0 radical (unpaired) electrons. The lowest BCUT2D eigenvalue weighted by atomic mass is 10.1. The molecule has 2 aromatic carbocycles. The molecule has 0 saturated heterocycles. The molecule has 2 rings (SSSR count). The third kappa shape index (κ3) is 3.22. The number of hydrogen-bond donors (Lipinski definition) is 1. The Morgan fingerprint density at radius 2 is 1.84 bits per heavy atom. The summed E-state index contributed by atoms with van der Waals surface area (Å²) in [5.41, 5.74) is 6.31. The van der Waals surface area contributed by atoms with Crippen LogP contribution in [0.5, 0.6) is 11.5 Å². The van der Waals surface area contributed by atoms with Crippen molar-refractivity contribution in [3.8, 4) is 11.5 Å². The first-order valence-corrected chi connectivity index (χ1v) is 6.03. The Hall–Kier alpha value is -1.65. The fraction of sp³-hybridized carbons (Fsp3) is 0.143. The molecule has 2 N–H and O–H groups in total. The molecule has 5 heteroatoms. The maximum atomic E-state index is 13.8. The van der Waals surface area contributed by atoms with Crippen LogP contribution in [0.25, 0.3) is 0 Å². The van der Waals surface area contributed by atoms with E-state index in [1.165, 1.54) is 24.3 Å². The highest BCUT2D eigenvalue weighted by Crippen LogP contribution is 2.28. The van der Waals surface area contributed by atoms with Gasteiger partial charge in [0.25, 0.3) is 0 Å². The Bertz CT molecular complexity index is 602. The Kier molecular flexibility index (Phi) is 4.02. The molecule has 0 heterocycles. The molecule has 2 nitrogen and oxygen atoms in total. The highest BCUT2D eigenvalue weighted by molar-refractivity contribution is 6.30. The summed E-state index contributed by atoms with van der Waals surface area (Å²) < 4.78 is 32.3. The minimum Gasteiger partial charge on any atom is -0.454 e. The second-order valence-corrected chi connectivity index (χ2v) is 4.56. The van der Waals surface area contributed by atoms with Crippen LogP contribution in [-0.2, 0) is 0 Å². The Morgan fingerprint density at radius 3 is 2.42 bits per heavy atom. The van der Waals surface area contributed by atoms with Gasteiger partial charge in [0, 0.05) is 12.1 Å². The molecule has 0 aliphatic carbocycles. The van der Waals surface area contributed by atoms with E-state index in [4.69, 9.17) is 22.1 Å². The van der Waals surface area contributed by atoms with Crippen LogP contribution >= 0.6 is 11.6 Å². The van der Waals surface area contributed by atoms with Gasteiger partial charge in [0.05, 0.1) is 5.02 Å². The van der Waals surface area contributed by atoms with E-state index in [-0.39, 0.29) is 22.6 Å². The molecule has 2 aromatic rings. The summed E-state index contributed by atoms with van der Waals surface area (Å²) in [4.78, 5) is 0. The number of nitrogens with two attached hydrogens (primary N) is 1. The van der Waals surface area contributed by atoms with Crippen LogP contribution in [-0.4, -0.2) is 0 Å². The van der Waals surface area contributed by atoms with E-state index in [1.54, 1.807) is 13.0 Å². The minimum absolute atomic E-state index is 0.00567. The first-order valence-electron chi connectivity index (χ1n) is 5.65. The Labute approximate surface area is 114 Å². The Balaban J connectivity index is 2.25. The van der Waals surface area contributed by atoms with E-state index in [0.29, 0.717) is 5.56 Å². The van der Waals surface area contributed by atoms with Gasteiger partial charge in [0.1, 0.15) is 11.6 Å². The van der Waals surface area contributed by atoms with E-state index in [1.807, 2.05) is 0 Å². The average molecular weight is 284 g/mol. The van der Waals surface area contributed by atoms with E-state index >= 15 is 0 Å². The number of ether oxygens (including phenoxy) is 1. The third-order valence-electron chi connectivity index (χ3n) is 2.60. The van der Waals surface area contributed by atoms with Crippen molar-refractivity contribution in [3.63, 3.8) is 0 Å². The number of halogens is 3. The first kappa shape index (κ1) is 13.8. The molecular formula is C14H12ClF2NO. The van der Waals surface area contributed by atoms with E-state index in [9.17, 15) is 8.78 Å². The summed E-state index contributed by atoms with van der Waals surface area (Å²) >= 11 is 5.55. The van der Waals surface area contributed by atoms with Crippen LogP contribution in [0.3, 0.4) is 0 Å². The van der Waals surface area contributed by atoms with Crippen molar-refractivity contribution in [2.45, 2.75) is 13.0 Å². The number of rotatable bonds is 3. The topological polar surface area (TPSA) is 35.2 Å². The summed E-state index contributed by atoms with van der Waals surface area (Å²) in [6, 6.07) is 8.06. The van der Waals surface area contributed by atoms with Gasteiger partial charge in [-0.1, -0.05) is 17.7 Å². The molecule has 0 amide bonds. The van der Waals surface area contributed by atoms with Crippen molar-refractivity contribution in [3.05, 3.63) is 58.6 Å². The summed E-state index contributed by atoms with van der Waals surface area (Å²) in [6.07, 6.45) is 0. The quantitative estimate of drug-likeness (QED) is 0.904. The van der Waals surface area contributed by atoms with Crippen molar-refractivity contribution in [1.29, 1.82) is 0 Å². The van der Waals surface area contributed by atoms with Gasteiger partial charge >= 0.3 is 0 Å². The molecule has 0 unspecified atom stereocenters. The predicted molar refractivity (Wildman–Crippen MR) is 70.5 cm³/mol. The molecule has 0 aliphatic rings. The normalized spacial score (nSPS) is 12.3. The maximum Gasteiger partial charge on any atom is 0.166 e. The van der Waals surface area contributed by atoms with Crippen LogP contribution in [0.2, 0.25) is 5.02 Å². The third-order valence-corrected chi connectivity index (χ3v) is 2.91. The van der Waals surface area contributed by atoms with E-state index < -0.39 is 11.6 Å².